The lowest BCUT2D eigenvalue weighted by Crippen LogP contribution is -2.38. The van der Waals surface area contributed by atoms with Crippen molar-refractivity contribution in [3.63, 3.8) is 0 Å². The third-order valence-corrected chi connectivity index (χ3v) is 7.83. The Morgan fingerprint density at radius 2 is 1.79 bits per heavy atom. The van der Waals surface area contributed by atoms with Crippen LogP contribution in [0.1, 0.15) is 12.0 Å². The highest BCUT2D eigenvalue weighted by Gasteiger charge is 2.38. The molecule has 0 radical (unpaired) electrons. The van der Waals surface area contributed by atoms with Gasteiger partial charge in [-0.1, -0.05) is 0 Å². The first kappa shape index (κ1) is 26.4. The average molecular weight is 569 g/mol. The van der Waals surface area contributed by atoms with Gasteiger partial charge < -0.3 is 19.3 Å². The maximum absolute atomic E-state index is 13.6. The minimum Gasteiger partial charge on any atom is -0.493 e. The number of hydrogen-bond donors (Lipinski definition) is 2. The molecule has 1 saturated heterocycles. The van der Waals surface area contributed by atoms with Crippen LogP contribution in [0.15, 0.2) is 39.7 Å². The summed E-state index contributed by atoms with van der Waals surface area (Å²) < 4.78 is 85.3. The van der Waals surface area contributed by atoms with Gasteiger partial charge in [-0.3, -0.25) is 9.62 Å². The number of hydrogen-bond acceptors (Lipinski definition) is 7. The number of likely N-dealkylation sites (tertiary alicyclic amines) is 1. The van der Waals surface area contributed by atoms with Crippen LogP contribution in [0.2, 0.25) is 0 Å². The van der Waals surface area contributed by atoms with E-state index in [9.17, 15) is 26.7 Å². The van der Waals surface area contributed by atoms with Gasteiger partial charge >= 0.3 is 6.18 Å². The van der Waals surface area contributed by atoms with E-state index in [2.05, 4.69) is 20.7 Å². The Hall–Kier alpha value is -2.22. The highest BCUT2D eigenvalue weighted by atomic mass is 79.9. The summed E-state index contributed by atoms with van der Waals surface area (Å²) in [6.07, 6.45) is -5.01. The Kier molecular flexibility index (Phi) is 7.90. The van der Waals surface area contributed by atoms with E-state index in [1.165, 1.54) is 26.4 Å². The molecular weight excluding hydrogens is 545 g/mol. The number of nitrogens with zero attached hydrogens (tertiary/aromatic N) is 1. The number of likely N-dealkylation sites (N-methyl/N-ethyl adjacent to an activating group) is 1. The first-order valence-corrected chi connectivity index (χ1v) is 12.3. The molecule has 0 spiro atoms. The average Bonchev–Trinajstić information content (AvgIpc) is 3.11. The lowest BCUT2D eigenvalue weighted by Gasteiger charge is -2.25. The number of rotatable bonds is 8. The maximum Gasteiger partial charge on any atom is 0.419 e. The number of aliphatic hydroxyl groups excluding tert-OH is 1. The highest BCUT2D eigenvalue weighted by Crippen LogP contribution is 2.40. The standard InChI is InChI=1S/C21H24BrF3N2O6S/c1-27-7-6-16(15(27)11-28)33-17-8-12(4-5-13(17)21(23,24)25)26-34(29,30)20-10-19(32-3)18(31-2)9-14(20)22/h4-5,8-10,15-16,26,28H,6-7,11H2,1-3H3/t15-,16+/m0/s1. The van der Waals surface area contributed by atoms with Crippen LogP contribution >= 0.6 is 15.9 Å². The number of aliphatic hydroxyl groups is 1. The molecule has 0 bridgehead atoms. The van der Waals surface area contributed by atoms with E-state index in [-0.39, 0.29) is 27.4 Å². The molecule has 2 atom stereocenters. The molecule has 3 rings (SSSR count). The van der Waals surface area contributed by atoms with Gasteiger partial charge in [-0.05, 0) is 47.6 Å². The number of methoxy groups -OCH3 is 2. The second kappa shape index (κ2) is 10.2. The van der Waals surface area contributed by atoms with Crippen LogP contribution in [0.3, 0.4) is 0 Å². The molecule has 13 heteroatoms. The van der Waals surface area contributed by atoms with E-state index in [0.717, 1.165) is 18.2 Å². The Balaban J connectivity index is 1.97. The molecule has 8 nitrogen and oxygen atoms in total. The zero-order valence-corrected chi connectivity index (χ0v) is 20.9. The van der Waals surface area contributed by atoms with E-state index in [1.807, 2.05) is 0 Å². The highest BCUT2D eigenvalue weighted by molar-refractivity contribution is 9.10. The van der Waals surface area contributed by atoms with Gasteiger partial charge in [0.05, 0.1) is 38.1 Å². The van der Waals surface area contributed by atoms with Gasteiger partial charge in [0.15, 0.2) is 11.5 Å². The van der Waals surface area contributed by atoms with Gasteiger partial charge in [-0.15, -0.1) is 0 Å². The van der Waals surface area contributed by atoms with Gasteiger partial charge in [0.1, 0.15) is 16.7 Å². The van der Waals surface area contributed by atoms with Crippen LogP contribution in [0, 0.1) is 0 Å². The Morgan fingerprint density at radius 1 is 1.15 bits per heavy atom. The number of alkyl halides is 3. The van der Waals surface area contributed by atoms with Crippen molar-refractivity contribution in [2.45, 2.75) is 29.6 Å². The molecule has 188 valence electrons. The Bertz CT molecular complexity index is 1150. The summed E-state index contributed by atoms with van der Waals surface area (Å²) in [5.41, 5.74) is -1.18. The SMILES string of the molecule is COc1cc(Br)c(S(=O)(=O)Nc2ccc(C(F)(F)F)c(O[C@@H]3CCN(C)[C@H]3CO)c2)cc1OC. The molecule has 2 aromatic rings. The normalized spacial score (nSPS) is 19.2. The zero-order chi connectivity index (χ0) is 25.3. The molecule has 0 aliphatic carbocycles. The number of ether oxygens (including phenoxy) is 3. The second-order valence-electron chi connectivity index (χ2n) is 7.63. The van der Waals surface area contributed by atoms with E-state index in [1.54, 1.807) is 11.9 Å². The van der Waals surface area contributed by atoms with Crippen LogP contribution in [-0.4, -0.2) is 65.0 Å². The lowest BCUT2D eigenvalue weighted by molar-refractivity contribution is -0.139. The van der Waals surface area contributed by atoms with Crippen LogP contribution in [-0.2, 0) is 16.2 Å². The van der Waals surface area contributed by atoms with Crippen molar-refractivity contribution >= 4 is 31.6 Å². The van der Waals surface area contributed by atoms with E-state index in [0.29, 0.717) is 18.7 Å². The predicted octanol–water partition coefficient (Wildman–Crippen LogP) is 3.73. The topological polar surface area (TPSA) is 97.3 Å². The third-order valence-electron chi connectivity index (χ3n) is 5.49. The van der Waals surface area contributed by atoms with Crippen molar-refractivity contribution in [3.8, 4) is 17.2 Å². The van der Waals surface area contributed by atoms with E-state index < -0.39 is 39.7 Å². The van der Waals surface area contributed by atoms with Crippen molar-refractivity contribution in [1.82, 2.24) is 4.90 Å². The lowest BCUT2D eigenvalue weighted by atomic mass is 10.1. The predicted molar refractivity (Wildman–Crippen MR) is 122 cm³/mol. The van der Waals surface area contributed by atoms with Crippen LogP contribution < -0.4 is 18.9 Å². The number of nitrogens with one attached hydrogen (secondary N) is 1. The fraction of sp³-hybridized carbons (Fsp3) is 0.429. The minimum atomic E-state index is -4.72. The Morgan fingerprint density at radius 3 is 2.38 bits per heavy atom. The monoisotopic (exact) mass is 568 g/mol. The molecule has 1 aliphatic heterocycles. The quantitative estimate of drug-likeness (QED) is 0.500. The summed E-state index contributed by atoms with van der Waals surface area (Å²) in [5, 5.41) is 9.59. The summed E-state index contributed by atoms with van der Waals surface area (Å²) in [5.74, 6) is -0.0840. The number of anilines is 1. The fourth-order valence-corrected chi connectivity index (χ4v) is 5.79. The summed E-state index contributed by atoms with van der Waals surface area (Å²) in [6, 6.07) is 4.90. The van der Waals surface area contributed by atoms with Crippen LogP contribution in [0.25, 0.3) is 0 Å². The minimum absolute atomic E-state index is 0.128. The van der Waals surface area contributed by atoms with E-state index in [4.69, 9.17) is 14.2 Å². The first-order chi connectivity index (χ1) is 15.9. The molecule has 2 aromatic carbocycles. The van der Waals surface area contributed by atoms with Crippen LogP contribution in [0.4, 0.5) is 18.9 Å². The number of sulfonamides is 1. The summed E-state index contributed by atoms with van der Waals surface area (Å²) in [6.45, 7) is 0.249. The van der Waals surface area contributed by atoms with E-state index >= 15 is 0 Å². The molecule has 1 aliphatic rings. The van der Waals surface area contributed by atoms with Gasteiger partial charge in [-0.2, -0.15) is 13.2 Å². The first-order valence-electron chi connectivity index (χ1n) is 10.0. The smallest absolute Gasteiger partial charge is 0.419 e. The van der Waals surface area contributed by atoms with Gasteiger partial charge in [0.25, 0.3) is 10.0 Å². The van der Waals surface area contributed by atoms with Gasteiger partial charge in [0, 0.05) is 23.2 Å². The molecule has 34 heavy (non-hydrogen) atoms. The zero-order valence-electron chi connectivity index (χ0n) is 18.5. The summed E-state index contributed by atoms with van der Waals surface area (Å²) >= 11 is 3.17. The van der Waals surface area contributed by atoms with Gasteiger partial charge in [0.2, 0.25) is 0 Å². The molecule has 0 unspecified atom stereocenters. The van der Waals surface area contributed by atoms with Gasteiger partial charge in [-0.25, -0.2) is 8.42 Å². The van der Waals surface area contributed by atoms with Crippen molar-refractivity contribution < 1.29 is 40.9 Å². The maximum atomic E-state index is 13.6. The number of benzene rings is 2. The fourth-order valence-electron chi connectivity index (χ4n) is 3.70. The number of halogens is 4. The van der Waals surface area contributed by atoms with Crippen molar-refractivity contribution in [2.24, 2.45) is 0 Å². The summed E-state index contributed by atoms with van der Waals surface area (Å²) in [4.78, 5) is 1.59. The third kappa shape index (κ3) is 5.53. The summed E-state index contributed by atoms with van der Waals surface area (Å²) in [7, 11) is 0.236. The largest absolute Gasteiger partial charge is 0.493 e. The molecule has 0 amide bonds. The van der Waals surface area contributed by atoms with Crippen LogP contribution in [0.5, 0.6) is 17.2 Å². The molecule has 0 aromatic heterocycles. The molecule has 1 fully saturated rings. The Labute approximate surface area is 203 Å². The van der Waals surface area contributed by atoms with Crippen molar-refractivity contribution in [2.75, 3.05) is 39.1 Å². The second-order valence-corrected chi connectivity index (χ2v) is 10.1. The molecule has 2 N–H and O–H groups in total. The molecule has 0 saturated carbocycles. The van der Waals surface area contributed by atoms with Crippen molar-refractivity contribution in [3.05, 3.63) is 40.4 Å². The van der Waals surface area contributed by atoms with Crippen molar-refractivity contribution in [1.29, 1.82) is 0 Å². The molecular formula is C21H24BrF3N2O6S. The molecule has 1 heterocycles.